The van der Waals surface area contributed by atoms with Crippen molar-refractivity contribution < 1.29 is 4.79 Å². The number of nitrogens with zero attached hydrogens (tertiary/aromatic N) is 2. The number of piperidine rings is 1. The van der Waals surface area contributed by atoms with Gasteiger partial charge in [0.15, 0.2) is 0 Å². The van der Waals surface area contributed by atoms with Crippen molar-refractivity contribution in [2.45, 2.75) is 25.3 Å². The average molecular weight is 275 g/mol. The first-order chi connectivity index (χ1) is 9.61. The van der Waals surface area contributed by atoms with Crippen molar-refractivity contribution in [2.24, 2.45) is 5.73 Å². The summed E-state index contributed by atoms with van der Waals surface area (Å²) in [7, 11) is 4.04. The van der Waals surface area contributed by atoms with Crippen molar-refractivity contribution in [2.75, 3.05) is 33.7 Å². The molecular formula is C16H25N3O. The number of carbonyl (C=O) groups is 1. The molecule has 110 valence electrons. The van der Waals surface area contributed by atoms with Gasteiger partial charge in [0, 0.05) is 25.2 Å². The van der Waals surface area contributed by atoms with E-state index in [1.807, 2.05) is 36.2 Å². The normalized spacial score (nSPS) is 19.9. The molecule has 1 fully saturated rings. The van der Waals surface area contributed by atoms with E-state index in [4.69, 9.17) is 5.73 Å². The van der Waals surface area contributed by atoms with Gasteiger partial charge in [-0.2, -0.15) is 0 Å². The van der Waals surface area contributed by atoms with Crippen molar-refractivity contribution in [3.63, 3.8) is 0 Å². The van der Waals surface area contributed by atoms with E-state index in [1.165, 1.54) is 0 Å². The van der Waals surface area contributed by atoms with Crippen molar-refractivity contribution >= 4 is 5.91 Å². The van der Waals surface area contributed by atoms with Gasteiger partial charge in [0.25, 0.3) is 5.91 Å². The highest BCUT2D eigenvalue weighted by Gasteiger charge is 2.25. The van der Waals surface area contributed by atoms with Crippen LogP contribution >= 0.6 is 0 Å². The minimum Gasteiger partial charge on any atom is -0.337 e. The SMILES string of the molecule is CN1CCCC(N(C)C(=O)c2cccc(CCN)c2)C1. The zero-order valence-electron chi connectivity index (χ0n) is 12.5. The number of hydrogen-bond acceptors (Lipinski definition) is 3. The summed E-state index contributed by atoms with van der Waals surface area (Å²) < 4.78 is 0. The van der Waals surface area contributed by atoms with Crippen LogP contribution in [0.5, 0.6) is 0 Å². The molecule has 1 heterocycles. The van der Waals surface area contributed by atoms with Crippen molar-refractivity contribution in [3.05, 3.63) is 35.4 Å². The Labute approximate surface area is 121 Å². The van der Waals surface area contributed by atoms with Crippen LogP contribution in [0.25, 0.3) is 0 Å². The van der Waals surface area contributed by atoms with E-state index in [0.29, 0.717) is 12.6 Å². The molecule has 1 aromatic rings. The highest BCUT2D eigenvalue weighted by molar-refractivity contribution is 5.94. The molecule has 0 saturated carbocycles. The monoisotopic (exact) mass is 275 g/mol. The average Bonchev–Trinajstić information content (AvgIpc) is 2.46. The van der Waals surface area contributed by atoms with E-state index in [9.17, 15) is 4.79 Å². The predicted octanol–water partition coefficient (Wildman–Crippen LogP) is 1.35. The molecule has 0 aromatic heterocycles. The summed E-state index contributed by atoms with van der Waals surface area (Å²) in [6, 6.07) is 8.15. The summed E-state index contributed by atoms with van der Waals surface area (Å²) >= 11 is 0. The first kappa shape index (κ1) is 15.0. The third-order valence-electron chi connectivity index (χ3n) is 4.07. The second-order valence-electron chi connectivity index (χ2n) is 5.71. The summed E-state index contributed by atoms with van der Waals surface area (Å²) in [5.41, 5.74) is 7.48. The van der Waals surface area contributed by atoms with Gasteiger partial charge < -0.3 is 15.5 Å². The van der Waals surface area contributed by atoms with Crippen LogP contribution in [0.3, 0.4) is 0 Å². The number of nitrogens with two attached hydrogens (primary N) is 1. The van der Waals surface area contributed by atoms with Crippen LogP contribution in [0.15, 0.2) is 24.3 Å². The minimum absolute atomic E-state index is 0.115. The quantitative estimate of drug-likeness (QED) is 0.902. The highest BCUT2D eigenvalue weighted by Crippen LogP contribution is 2.16. The minimum atomic E-state index is 0.115. The van der Waals surface area contributed by atoms with Gasteiger partial charge in [-0.05, 0) is 57.1 Å². The molecular weight excluding hydrogens is 250 g/mol. The fourth-order valence-corrected chi connectivity index (χ4v) is 2.85. The van der Waals surface area contributed by atoms with Crippen LogP contribution in [0.1, 0.15) is 28.8 Å². The Morgan fingerprint density at radius 3 is 3.00 bits per heavy atom. The lowest BCUT2D eigenvalue weighted by Crippen LogP contribution is -2.47. The highest BCUT2D eigenvalue weighted by atomic mass is 16.2. The molecule has 1 atom stereocenters. The zero-order chi connectivity index (χ0) is 14.5. The predicted molar refractivity (Wildman–Crippen MR) is 81.8 cm³/mol. The number of carbonyl (C=O) groups excluding carboxylic acids is 1. The summed E-state index contributed by atoms with van der Waals surface area (Å²) in [6.45, 7) is 2.70. The lowest BCUT2D eigenvalue weighted by atomic mass is 10.0. The molecule has 1 aliphatic heterocycles. The largest absolute Gasteiger partial charge is 0.337 e. The van der Waals surface area contributed by atoms with E-state index in [2.05, 4.69) is 11.9 Å². The van der Waals surface area contributed by atoms with Crippen LogP contribution < -0.4 is 5.73 Å². The first-order valence-corrected chi connectivity index (χ1v) is 7.36. The summed E-state index contributed by atoms with van der Waals surface area (Å²) in [5, 5.41) is 0. The van der Waals surface area contributed by atoms with Gasteiger partial charge in [-0.1, -0.05) is 12.1 Å². The van der Waals surface area contributed by atoms with Gasteiger partial charge >= 0.3 is 0 Å². The lowest BCUT2D eigenvalue weighted by molar-refractivity contribution is 0.0644. The molecule has 1 saturated heterocycles. The second-order valence-corrected chi connectivity index (χ2v) is 5.71. The number of likely N-dealkylation sites (tertiary alicyclic amines) is 1. The molecule has 4 nitrogen and oxygen atoms in total. The molecule has 0 radical (unpaired) electrons. The van der Waals surface area contributed by atoms with Crippen molar-refractivity contribution in [1.82, 2.24) is 9.80 Å². The van der Waals surface area contributed by atoms with Gasteiger partial charge in [0.1, 0.15) is 0 Å². The molecule has 2 rings (SSSR count). The standard InChI is InChI=1S/C16H25N3O/c1-18-10-4-7-15(12-18)19(2)16(20)14-6-3-5-13(11-14)8-9-17/h3,5-6,11,15H,4,7-10,12,17H2,1-2H3. The molecule has 4 heteroatoms. The maximum Gasteiger partial charge on any atom is 0.253 e. The van der Waals surface area contributed by atoms with E-state index < -0.39 is 0 Å². The fourth-order valence-electron chi connectivity index (χ4n) is 2.85. The summed E-state index contributed by atoms with van der Waals surface area (Å²) in [4.78, 5) is 16.8. The molecule has 1 aromatic carbocycles. The summed E-state index contributed by atoms with van der Waals surface area (Å²) in [5.74, 6) is 0.115. The van der Waals surface area contributed by atoms with Crippen LogP contribution in [-0.2, 0) is 6.42 Å². The van der Waals surface area contributed by atoms with Gasteiger partial charge in [0.05, 0.1) is 0 Å². The Balaban J connectivity index is 2.07. The molecule has 0 aliphatic carbocycles. The van der Waals surface area contributed by atoms with Crippen molar-refractivity contribution in [1.29, 1.82) is 0 Å². The zero-order valence-corrected chi connectivity index (χ0v) is 12.5. The van der Waals surface area contributed by atoms with Crippen LogP contribution in [-0.4, -0.2) is 55.5 Å². The molecule has 20 heavy (non-hydrogen) atoms. The van der Waals surface area contributed by atoms with E-state index >= 15 is 0 Å². The van der Waals surface area contributed by atoms with Crippen LogP contribution in [0, 0.1) is 0 Å². The van der Waals surface area contributed by atoms with Gasteiger partial charge in [-0.25, -0.2) is 0 Å². The van der Waals surface area contributed by atoms with Crippen LogP contribution in [0.4, 0.5) is 0 Å². The molecule has 0 bridgehead atoms. The molecule has 0 spiro atoms. The smallest absolute Gasteiger partial charge is 0.253 e. The second kappa shape index (κ2) is 6.86. The number of benzene rings is 1. The Kier molecular flexibility index (Phi) is 5.15. The number of hydrogen-bond donors (Lipinski definition) is 1. The maximum atomic E-state index is 12.6. The van der Waals surface area contributed by atoms with Crippen molar-refractivity contribution in [3.8, 4) is 0 Å². The fraction of sp³-hybridized carbons (Fsp3) is 0.562. The lowest BCUT2D eigenvalue weighted by Gasteiger charge is -2.36. The molecule has 2 N–H and O–H groups in total. The maximum absolute atomic E-state index is 12.6. The number of amides is 1. The first-order valence-electron chi connectivity index (χ1n) is 7.36. The topological polar surface area (TPSA) is 49.6 Å². The Hall–Kier alpha value is -1.39. The third kappa shape index (κ3) is 3.58. The number of likely N-dealkylation sites (N-methyl/N-ethyl adjacent to an activating group) is 2. The molecule has 1 amide bonds. The Morgan fingerprint density at radius 2 is 2.30 bits per heavy atom. The van der Waals surface area contributed by atoms with Crippen LogP contribution in [0.2, 0.25) is 0 Å². The van der Waals surface area contributed by atoms with E-state index in [0.717, 1.165) is 43.5 Å². The van der Waals surface area contributed by atoms with E-state index in [-0.39, 0.29) is 5.91 Å². The summed E-state index contributed by atoms with van der Waals surface area (Å²) in [6.07, 6.45) is 3.07. The van der Waals surface area contributed by atoms with Gasteiger partial charge in [-0.15, -0.1) is 0 Å². The molecule has 1 unspecified atom stereocenters. The molecule has 1 aliphatic rings. The Morgan fingerprint density at radius 1 is 1.50 bits per heavy atom. The van der Waals surface area contributed by atoms with Gasteiger partial charge in [0.2, 0.25) is 0 Å². The third-order valence-corrected chi connectivity index (χ3v) is 4.07. The Bertz CT molecular complexity index is 461. The van der Waals surface area contributed by atoms with E-state index in [1.54, 1.807) is 0 Å². The van der Waals surface area contributed by atoms with Gasteiger partial charge in [-0.3, -0.25) is 4.79 Å². The number of rotatable bonds is 4.